The van der Waals surface area contributed by atoms with Crippen molar-refractivity contribution in [1.82, 2.24) is 10.6 Å². The molecule has 1 fully saturated rings. The highest BCUT2D eigenvalue weighted by Gasteiger charge is 2.25. The van der Waals surface area contributed by atoms with Crippen LogP contribution in [0.3, 0.4) is 0 Å². The van der Waals surface area contributed by atoms with Gasteiger partial charge in [0.15, 0.2) is 0 Å². The van der Waals surface area contributed by atoms with Crippen LogP contribution < -0.4 is 10.6 Å². The Kier molecular flexibility index (Phi) is 6.22. The van der Waals surface area contributed by atoms with Gasteiger partial charge in [-0.25, -0.2) is 4.79 Å². The molecule has 0 aliphatic heterocycles. The van der Waals surface area contributed by atoms with E-state index in [9.17, 15) is 4.79 Å². The number of nitrogens with one attached hydrogen (secondary N) is 2. The molecule has 4 heteroatoms. The molecule has 1 aliphatic carbocycles. The standard InChI is InChI=1S/C19H28N2O2/c1-19(2,3)23-18(22)21-13-7-6-12-20-14-16-8-4-5-9-17(16)15-10-11-15/h4-9,15,20H,10-14H2,1-3H3,(H,21,22)/b7-6+. The third kappa shape index (κ3) is 6.87. The number of alkyl carbamates (subject to hydrolysis) is 1. The molecule has 0 unspecified atom stereocenters. The van der Waals surface area contributed by atoms with Gasteiger partial charge in [0.05, 0.1) is 0 Å². The van der Waals surface area contributed by atoms with Crippen LogP contribution in [0, 0.1) is 0 Å². The maximum absolute atomic E-state index is 11.5. The lowest BCUT2D eigenvalue weighted by atomic mass is 10.0. The Morgan fingerprint density at radius 1 is 1.22 bits per heavy atom. The van der Waals surface area contributed by atoms with Gasteiger partial charge in [-0.3, -0.25) is 0 Å². The number of carbonyl (C=O) groups excluding carboxylic acids is 1. The topological polar surface area (TPSA) is 50.4 Å². The average molecular weight is 316 g/mol. The van der Waals surface area contributed by atoms with Crippen molar-refractivity contribution in [2.45, 2.75) is 51.7 Å². The molecule has 0 atom stereocenters. The third-order valence-electron chi connectivity index (χ3n) is 3.58. The molecule has 0 bridgehead atoms. The van der Waals surface area contributed by atoms with E-state index in [0.717, 1.165) is 19.0 Å². The van der Waals surface area contributed by atoms with Crippen LogP contribution in [0.2, 0.25) is 0 Å². The first-order valence-electron chi connectivity index (χ1n) is 8.36. The van der Waals surface area contributed by atoms with Crippen LogP contribution in [0.15, 0.2) is 36.4 Å². The van der Waals surface area contributed by atoms with Crippen LogP contribution in [0.4, 0.5) is 4.79 Å². The second kappa shape index (κ2) is 8.16. The summed E-state index contributed by atoms with van der Waals surface area (Å²) in [5.74, 6) is 0.779. The number of rotatable bonds is 7. The lowest BCUT2D eigenvalue weighted by Crippen LogP contribution is -2.32. The first-order chi connectivity index (χ1) is 11.0. The van der Waals surface area contributed by atoms with Crippen LogP contribution in [-0.4, -0.2) is 24.8 Å². The summed E-state index contributed by atoms with van der Waals surface area (Å²) < 4.78 is 5.17. The van der Waals surface area contributed by atoms with Crippen molar-refractivity contribution < 1.29 is 9.53 Å². The summed E-state index contributed by atoms with van der Waals surface area (Å²) in [7, 11) is 0. The molecule has 0 radical (unpaired) electrons. The number of carbonyl (C=O) groups is 1. The maximum atomic E-state index is 11.5. The fourth-order valence-corrected chi connectivity index (χ4v) is 2.40. The summed E-state index contributed by atoms with van der Waals surface area (Å²) in [6, 6.07) is 8.67. The van der Waals surface area contributed by atoms with Gasteiger partial charge in [0.25, 0.3) is 0 Å². The van der Waals surface area contributed by atoms with E-state index < -0.39 is 5.60 Å². The number of hydrogen-bond acceptors (Lipinski definition) is 3. The van der Waals surface area contributed by atoms with E-state index in [1.807, 2.05) is 32.9 Å². The Morgan fingerprint density at radius 3 is 2.61 bits per heavy atom. The zero-order valence-corrected chi connectivity index (χ0v) is 14.4. The van der Waals surface area contributed by atoms with Crippen LogP contribution in [0.5, 0.6) is 0 Å². The molecule has 23 heavy (non-hydrogen) atoms. The summed E-state index contributed by atoms with van der Waals surface area (Å²) in [6.07, 6.45) is 6.23. The molecular formula is C19H28N2O2. The van der Waals surface area contributed by atoms with E-state index in [0.29, 0.717) is 6.54 Å². The normalized spacial score (nSPS) is 14.9. The van der Waals surface area contributed by atoms with E-state index in [2.05, 4.69) is 34.9 Å². The summed E-state index contributed by atoms with van der Waals surface area (Å²) in [5, 5.41) is 6.12. The minimum Gasteiger partial charge on any atom is -0.444 e. The molecule has 1 aliphatic rings. The van der Waals surface area contributed by atoms with Gasteiger partial charge < -0.3 is 15.4 Å². The highest BCUT2D eigenvalue weighted by atomic mass is 16.6. The van der Waals surface area contributed by atoms with Gasteiger partial charge in [0, 0.05) is 19.6 Å². The number of hydrogen-bond donors (Lipinski definition) is 2. The van der Waals surface area contributed by atoms with Crippen LogP contribution in [0.1, 0.15) is 50.7 Å². The second-order valence-electron chi connectivity index (χ2n) is 6.96. The third-order valence-corrected chi connectivity index (χ3v) is 3.58. The minimum absolute atomic E-state index is 0.381. The van der Waals surface area contributed by atoms with Crippen LogP contribution >= 0.6 is 0 Å². The molecular weight excluding hydrogens is 288 g/mol. The van der Waals surface area contributed by atoms with Gasteiger partial charge in [0.1, 0.15) is 5.60 Å². The van der Waals surface area contributed by atoms with Gasteiger partial charge in [-0.1, -0.05) is 36.4 Å². The van der Waals surface area contributed by atoms with E-state index in [-0.39, 0.29) is 6.09 Å². The highest BCUT2D eigenvalue weighted by molar-refractivity contribution is 5.67. The highest BCUT2D eigenvalue weighted by Crippen LogP contribution is 2.41. The molecule has 2 N–H and O–H groups in total. The summed E-state index contributed by atoms with van der Waals surface area (Å²) in [4.78, 5) is 11.5. The first-order valence-corrected chi connectivity index (χ1v) is 8.36. The van der Waals surface area contributed by atoms with Gasteiger partial charge >= 0.3 is 6.09 Å². The van der Waals surface area contributed by atoms with Crippen molar-refractivity contribution in [2.24, 2.45) is 0 Å². The van der Waals surface area contributed by atoms with E-state index in [1.165, 1.54) is 24.0 Å². The molecule has 0 heterocycles. The molecule has 0 saturated heterocycles. The summed E-state index contributed by atoms with van der Waals surface area (Å²) in [5.41, 5.74) is 2.44. The van der Waals surface area contributed by atoms with E-state index >= 15 is 0 Å². The quantitative estimate of drug-likeness (QED) is 0.595. The second-order valence-corrected chi connectivity index (χ2v) is 6.96. The van der Waals surface area contributed by atoms with Crippen molar-refractivity contribution in [3.63, 3.8) is 0 Å². The van der Waals surface area contributed by atoms with Gasteiger partial charge in [-0.2, -0.15) is 0 Å². The molecule has 1 aromatic carbocycles. The summed E-state index contributed by atoms with van der Waals surface area (Å²) >= 11 is 0. The zero-order valence-electron chi connectivity index (χ0n) is 14.4. The molecule has 1 saturated carbocycles. The SMILES string of the molecule is CC(C)(C)OC(=O)NC/C=C/CNCc1ccccc1C1CC1. The van der Waals surface area contributed by atoms with Gasteiger partial charge in [-0.15, -0.1) is 0 Å². The molecule has 4 nitrogen and oxygen atoms in total. The molecule has 1 aromatic rings. The Morgan fingerprint density at radius 2 is 1.91 bits per heavy atom. The molecule has 126 valence electrons. The Labute approximate surface area is 139 Å². The van der Waals surface area contributed by atoms with Crippen LogP contribution in [-0.2, 0) is 11.3 Å². The van der Waals surface area contributed by atoms with Crippen molar-refractivity contribution >= 4 is 6.09 Å². The van der Waals surface area contributed by atoms with Crippen molar-refractivity contribution in [1.29, 1.82) is 0 Å². The maximum Gasteiger partial charge on any atom is 0.407 e. The fourth-order valence-electron chi connectivity index (χ4n) is 2.40. The molecule has 0 aromatic heterocycles. The van der Waals surface area contributed by atoms with Crippen molar-refractivity contribution in [3.05, 3.63) is 47.5 Å². The minimum atomic E-state index is -0.454. The largest absolute Gasteiger partial charge is 0.444 e. The Balaban J connectivity index is 1.61. The van der Waals surface area contributed by atoms with E-state index in [1.54, 1.807) is 0 Å². The van der Waals surface area contributed by atoms with Crippen LogP contribution in [0.25, 0.3) is 0 Å². The number of ether oxygens (including phenoxy) is 1. The molecule has 1 amide bonds. The molecule has 2 rings (SSSR count). The van der Waals surface area contributed by atoms with Gasteiger partial charge in [0.2, 0.25) is 0 Å². The lowest BCUT2D eigenvalue weighted by Gasteiger charge is -2.19. The van der Waals surface area contributed by atoms with E-state index in [4.69, 9.17) is 4.74 Å². The Hall–Kier alpha value is -1.81. The average Bonchev–Trinajstić information content (AvgIpc) is 3.29. The smallest absolute Gasteiger partial charge is 0.407 e. The number of benzene rings is 1. The van der Waals surface area contributed by atoms with Gasteiger partial charge in [-0.05, 0) is 50.7 Å². The summed E-state index contributed by atoms with van der Waals surface area (Å²) in [6.45, 7) is 7.71. The fraction of sp³-hybridized carbons (Fsp3) is 0.526. The first kappa shape index (κ1) is 17.5. The lowest BCUT2D eigenvalue weighted by molar-refractivity contribution is 0.0534. The molecule has 0 spiro atoms. The van der Waals surface area contributed by atoms with Crippen molar-refractivity contribution in [3.8, 4) is 0 Å². The monoisotopic (exact) mass is 316 g/mol. The predicted octanol–water partition coefficient (Wildman–Crippen LogP) is 3.73. The predicted molar refractivity (Wildman–Crippen MR) is 93.5 cm³/mol. The zero-order chi connectivity index (χ0) is 16.7. The van der Waals surface area contributed by atoms with Crippen molar-refractivity contribution in [2.75, 3.05) is 13.1 Å². The Bertz CT molecular complexity index is 543. The number of amides is 1.